The lowest BCUT2D eigenvalue weighted by molar-refractivity contribution is -0.143. The average molecular weight is 194 g/mol. The predicted octanol–water partition coefficient (Wildman–Crippen LogP) is 1.45. The van der Waals surface area contributed by atoms with Gasteiger partial charge >= 0.3 is 5.97 Å². The summed E-state index contributed by atoms with van der Waals surface area (Å²) in [4.78, 5) is 15.3. The molecule has 0 amide bonds. The number of pyridine rings is 1. The Hall–Kier alpha value is -1.58. The molecule has 0 aliphatic carbocycles. The zero-order valence-corrected chi connectivity index (χ0v) is 8.36. The van der Waals surface area contributed by atoms with Crippen LogP contribution < -0.4 is 5.32 Å². The minimum absolute atomic E-state index is 0.266. The monoisotopic (exact) mass is 194 g/mol. The SMILES string of the molecule is CCOC(=O)[C@H](C)Nc1ccccn1. The number of hydrogen-bond acceptors (Lipinski definition) is 4. The summed E-state index contributed by atoms with van der Waals surface area (Å²) >= 11 is 0. The van der Waals surface area contributed by atoms with E-state index in [4.69, 9.17) is 4.74 Å². The third-order valence-corrected chi connectivity index (χ3v) is 1.67. The Bertz CT molecular complexity index is 287. The summed E-state index contributed by atoms with van der Waals surface area (Å²) in [7, 11) is 0. The molecular weight excluding hydrogens is 180 g/mol. The maximum absolute atomic E-state index is 11.2. The number of nitrogens with one attached hydrogen (secondary N) is 1. The van der Waals surface area contributed by atoms with Crippen LogP contribution in [0, 0.1) is 0 Å². The molecule has 0 unspecified atom stereocenters. The standard InChI is InChI=1S/C10H14N2O2/c1-3-14-10(13)8(2)12-9-6-4-5-7-11-9/h4-8H,3H2,1-2H3,(H,11,12)/t8-/m0/s1. The van der Waals surface area contributed by atoms with Gasteiger partial charge in [-0.15, -0.1) is 0 Å². The van der Waals surface area contributed by atoms with E-state index in [-0.39, 0.29) is 12.0 Å². The maximum atomic E-state index is 11.2. The molecule has 1 rings (SSSR count). The number of aromatic nitrogens is 1. The molecular formula is C10H14N2O2. The van der Waals surface area contributed by atoms with Crippen molar-refractivity contribution in [1.29, 1.82) is 0 Å². The maximum Gasteiger partial charge on any atom is 0.328 e. The van der Waals surface area contributed by atoms with Crippen LogP contribution in [0.15, 0.2) is 24.4 Å². The van der Waals surface area contributed by atoms with Crippen molar-refractivity contribution in [3.05, 3.63) is 24.4 Å². The summed E-state index contributed by atoms with van der Waals surface area (Å²) in [6.07, 6.45) is 1.67. The van der Waals surface area contributed by atoms with Crippen LogP contribution in [0.5, 0.6) is 0 Å². The molecule has 0 aliphatic heterocycles. The molecule has 76 valence electrons. The second-order valence-electron chi connectivity index (χ2n) is 2.83. The number of hydrogen-bond donors (Lipinski definition) is 1. The van der Waals surface area contributed by atoms with Gasteiger partial charge in [0.2, 0.25) is 0 Å². The van der Waals surface area contributed by atoms with Gasteiger partial charge < -0.3 is 10.1 Å². The fourth-order valence-electron chi connectivity index (χ4n) is 0.996. The first-order valence-corrected chi connectivity index (χ1v) is 4.58. The van der Waals surface area contributed by atoms with E-state index in [0.717, 1.165) is 0 Å². The molecule has 1 N–H and O–H groups in total. The number of anilines is 1. The van der Waals surface area contributed by atoms with Gasteiger partial charge in [0.1, 0.15) is 11.9 Å². The van der Waals surface area contributed by atoms with Crippen molar-refractivity contribution >= 4 is 11.8 Å². The van der Waals surface area contributed by atoms with Gasteiger partial charge in [-0.05, 0) is 26.0 Å². The van der Waals surface area contributed by atoms with Crippen molar-refractivity contribution in [2.75, 3.05) is 11.9 Å². The van der Waals surface area contributed by atoms with Gasteiger partial charge in [-0.1, -0.05) is 6.07 Å². The Kier molecular flexibility index (Phi) is 3.91. The molecule has 0 spiro atoms. The molecule has 4 nitrogen and oxygen atoms in total. The van der Waals surface area contributed by atoms with Gasteiger partial charge in [0.05, 0.1) is 6.61 Å². The van der Waals surface area contributed by atoms with Crippen molar-refractivity contribution in [2.24, 2.45) is 0 Å². The second-order valence-corrected chi connectivity index (χ2v) is 2.83. The average Bonchev–Trinajstić information content (AvgIpc) is 2.19. The van der Waals surface area contributed by atoms with Gasteiger partial charge in [-0.25, -0.2) is 9.78 Å². The molecule has 0 aliphatic rings. The minimum atomic E-state index is -0.371. The number of carbonyl (C=O) groups excluding carboxylic acids is 1. The lowest BCUT2D eigenvalue weighted by atomic mass is 10.3. The topological polar surface area (TPSA) is 51.2 Å². The number of esters is 1. The van der Waals surface area contributed by atoms with E-state index in [1.54, 1.807) is 26.1 Å². The molecule has 0 fully saturated rings. The summed E-state index contributed by atoms with van der Waals surface area (Å²) in [6.45, 7) is 3.92. The van der Waals surface area contributed by atoms with E-state index in [9.17, 15) is 4.79 Å². The summed E-state index contributed by atoms with van der Waals surface area (Å²) in [6, 6.07) is 5.10. The van der Waals surface area contributed by atoms with Crippen molar-refractivity contribution in [2.45, 2.75) is 19.9 Å². The third-order valence-electron chi connectivity index (χ3n) is 1.67. The van der Waals surface area contributed by atoms with Crippen molar-refractivity contribution in [3.8, 4) is 0 Å². The van der Waals surface area contributed by atoms with Gasteiger partial charge in [0.15, 0.2) is 0 Å². The van der Waals surface area contributed by atoms with Crippen LogP contribution in [0.4, 0.5) is 5.82 Å². The lowest BCUT2D eigenvalue weighted by Gasteiger charge is -2.12. The Balaban J connectivity index is 2.49. The van der Waals surface area contributed by atoms with Crippen LogP contribution in [0.1, 0.15) is 13.8 Å². The molecule has 1 heterocycles. The van der Waals surface area contributed by atoms with E-state index >= 15 is 0 Å². The Labute approximate surface area is 83.3 Å². The highest BCUT2D eigenvalue weighted by atomic mass is 16.5. The summed E-state index contributed by atoms with van der Waals surface area (Å²) < 4.78 is 4.85. The first-order chi connectivity index (χ1) is 6.74. The molecule has 0 saturated carbocycles. The first-order valence-electron chi connectivity index (χ1n) is 4.58. The van der Waals surface area contributed by atoms with Gasteiger partial charge in [0, 0.05) is 6.20 Å². The zero-order chi connectivity index (χ0) is 10.4. The molecule has 1 atom stereocenters. The van der Waals surface area contributed by atoms with E-state index in [1.165, 1.54) is 0 Å². The summed E-state index contributed by atoms with van der Waals surface area (Å²) in [5.74, 6) is 0.409. The normalized spacial score (nSPS) is 11.9. The largest absolute Gasteiger partial charge is 0.464 e. The summed E-state index contributed by atoms with van der Waals surface area (Å²) in [5.41, 5.74) is 0. The predicted molar refractivity (Wildman–Crippen MR) is 54.0 cm³/mol. The van der Waals surface area contributed by atoms with Crippen LogP contribution in [-0.4, -0.2) is 23.6 Å². The van der Waals surface area contributed by atoms with Gasteiger partial charge in [0.25, 0.3) is 0 Å². The van der Waals surface area contributed by atoms with Crippen molar-refractivity contribution < 1.29 is 9.53 Å². The van der Waals surface area contributed by atoms with E-state index < -0.39 is 0 Å². The van der Waals surface area contributed by atoms with E-state index in [2.05, 4.69) is 10.3 Å². The fourth-order valence-corrected chi connectivity index (χ4v) is 0.996. The van der Waals surface area contributed by atoms with Crippen LogP contribution in [0.25, 0.3) is 0 Å². The zero-order valence-electron chi connectivity index (χ0n) is 8.36. The van der Waals surface area contributed by atoms with Crippen LogP contribution in [0.3, 0.4) is 0 Å². The van der Waals surface area contributed by atoms with Crippen molar-refractivity contribution in [1.82, 2.24) is 4.98 Å². The minimum Gasteiger partial charge on any atom is -0.464 e. The van der Waals surface area contributed by atoms with Crippen LogP contribution >= 0.6 is 0 Å². The molecule has 0 radical (unpaired) electrons. The molecule has 1 aromatic rings. The molecule has 1 aromatic heterocycles. The highest BCUT2D eigenvalue weighted by molar-refractivity contribution is 5.78. The fraction of sp³-hybridized carbons (Fsp3) is 0.400. The lowest BCUT2D eigenvalue weighted by Crippen LogP contribution is -2.28. The summed E-state index contributed by atoms with van der Waals surface area (Å²) in [5, 5.41) is 2.94. The van der Waals surface area contributed by atoms with Gasteiger partial charge in [-0.2, -0.15) is 0 Å². The molecule has 0 saturated heterocycles. The smallest absolute Gasteiger partial charge is 0.328 e. The van der Waals surface area contributed by atoms with Gasteiger partial charge in [-0.3, -0.25) is 0 Å². The second kappa shape index (κ2) is 5.21. The number of nitrogens with zero attached hydrogens (tertiary/aromatic N) is 1. The number of ether oxygens (including phenoxy) is 1. The van der Waals surface area contributed by atoms with E-state index in [0.29, 0.717) is 12.4 Å². The van der Waals surface area contributed by atoms with Crippen LogP contribution in [0.2, 0.25) is 0 Å². The number of rotatable bonds is 4. The third kappa shape index (κ3) is 3.05. The molecule has 4 heteroatoms. The quantitative estimate of drug-likeness (QED) is 0.737. The molecule has 14 heavy (non-hydrogen) atoms. The molecule has 0 aromatic carbocycles. The number of carbonyl (C=O) groups is 1. The Morgan fingerprint density at radius 3 is 3.00 bits per heavy atom. The Morgan fingerprint density at radius 1 is 1.64 bits per heavy atom. The first kappa shape index (κ1) is 10.5. The molecule has 0 bridgehead atoms. The highest BCUT2D eigenvalue weighted by Gasteiger charge is 2.13. The van der Waals surface area contributed by atoms with Crippen LogP contribution in [-0.2, 0) is 9.53 Å². The highest BCUT2D eigenvalue weighted by Crippen LogP contribution is 2.03. The Morgan fingerprint density at radius 2 is 2.43 bits per heavy atom. The van der Waals surface area contributed by atoms with Crippen molar-refractivity contribution in [3.63, 3.8) is 0 Å². The van der Waals surface area contributed by atoms with E-state index in [1.807, 2.05) is 12.1 Å².